The lowest BCUT2D eigenvalue weighted by Gasteiger charge is -2.21. The second-order valence-corrected chi connectivity index (χ2v) is 7.84. The fourth-order valence-electron chi connectivity index (χ4n) is 4.13. The van der Waals surface area contributed by atoms with Crippen LogP contribution >= 0.6 is 0 Å². The highest BCUT2D eigenvalue weighted by atomic mass is 16.2. The van der Waals surface area contributed by atoms with Crippen LogP contribution in [0.4, 0.5) is 0 Å². The molecule has 1 amide bonds. The lowest BCUT2D eigenvalue weighted by Crippen LogP contribution is -2.31. The Balaban J connectivity index is 1.70. The number of benzene rings is 2. The monoisotopic (exact) mass is 410 g/mol. The molecule has 0 atom stereocenters. The zero-order valence-corrected chi connectivity index (χ0v) is 17.6. The normalized spacial score (nSPS) is 13.0. The molecule has 0 bridgehead atoms. The highest BCUT2D eigenvalue weighted by molar-refractivity contribution is 5.94. The molecule has 0 N–H and O–H groups in total. The number of rotatable bonds is 6. The lowest BCUT2D eigenvalue weighted by atomic mass is 10.1. The number of imidazole rings is 1. The largest absolute Gasteiger partial charge is 0.329 e. The smallest absolute Gasteiger partial charge is 0.274 e. The van der Waals surface area contributed by atoms with Gasteiger partial charge in [0.1, 0.15) is 11.5 Å². The van der Waals surface area contributed by atoms with E-state index in [1.54, 1.807) is 23.1 Å². The molecule has 0 saturated carbocycles. The number of amides is 1. The maximum Gasteiger partial charge on any atom is 0.274 e. The van der Waals surface area contributed by atoms with Gasteiger partial charge in [0.25, 0.3) is 5.91 Å². The average Bonchev–Trinajstić information content (AvgIpc) is 3.00. The summed E-state index contributed by atoms with van der Waals surface area (Å²) < 4.78 is 2.24. The van der Waals surface area contributed by atoms with E-state index in [1.807, 2.05) is 42.5 Å². The van der Waals surface area contributed by atoms with Crippen molar-refractivity contribution < 1.29 is 4.79 Å². The van der Waals surface area contributed by atoms with Gasteiger partial charge in [0.15, 0.2) is 0 Å². The van der Waals surface area contributed by atoms with Crippen LogP contribution in [0.5, 0.6) is 0 Å². The molecule has 156 valence electrons. The Morgan fingerprint density at radius 1 is 1.13 bits per heavy atom. The minimum Gasteiger partial charge on any atom is -0.329 e. The molecule has 2 heterocycles. The van der Waals surface area contributed by atoms with Crippen molar-refractivity contribution in [2.45, 2.75) is 38.8 Å². The van der Waals surface area contributed by atoms with Crippen LogP contribution in [0.25, 0.3) is 11.4 Å². The van der Waals surface area contributed by atoms with Crippen molar-refractivity contribution in [1.82, 2.24) is 14.5 Å². The number of fused-ring (bicyclic) bond motifs is 1. The molecule has 0 radical (unpaired) electrons. The lowest BCUT2D eigenvalue weighted by molar-refractivity contribution is 0.0756. The van der Waals surface area contributed by atoms with Gasteiger partial charge in [-0.25, -0.2) is 4.98 Å². The number of aromatic nitrogens is 2. The van der Waals surface area contributed by atoms with E-state index in [1.165, 1.54) is 0 Å². The van der Waals surface area contributed by atoms with Crippen molar-refractivity contribution in [2.75, 3.05) is 6.54 Å². The second-order valence-electron chi connectivity index (χ2n) is 7.84. The molecule has 0 saturated heterocycles. The number of hydrogen-bond donors (Lipinski definition) is 0. The molecule has 5 nitrogen and oxygen atoms in total. The highest BCUT2D eigenvalue weighted by Crippen LogP contribution is 2.28. The molecule has 0 spiro atoms. The van der Waals surface area contributed by atoms with Crippen molar-refractivity contribution >= 4 is 5.91 Å². The first-order chi connectivity index (χ1) is 15.2. The molecular weight excluding hydrogens is 384 g/mol. The van der Waals surface area contributed by atoms with Gasteiger partial charge in [-0.3, -0.25) is 4.79 Å². The van der Waals surface area contributed by atoms with Gasteiger partial charge in [0, 0.05) is 25.2 Å². The Morgan fingerprint density at radius 2 is 1.90 bits per heavy atom. The fraction of sp³-hybridized carbons (Fsp3) is 0.269. The van der Waals surface area contributed by atoms with Gasteiger partial charge in [0.2, 0.25) is 0 Å². The van der Waals surface area contributed by atoms with E-state index in [4.69, 9.17) is 10.2 Å². The van der Waals surface area contributed by atoms with E-state index in [9.17, 15) is 4.79 Å². The van der Waals surface area contributed by atoms with Gasteiger partial charge in [-0.15, -0.1) is 6.58 Å². The highest BCUT2D eigenvalue weighted by Gasteiger charge is 2.27. The van der Waals surface area contributed by atoms with Crippen LogP contribution < -0.4 is 0 Å². The SMILES string of the molecule is C=CCN(Cc1ccc(C#N)cc1)C(=O)c1nc(-c2ccccc2)n2c1CCCCC2. The minimum atomic E-state index is -0.0721. The molecule has 2 aromatic carbocycles. The summed E-state index contributed by atoms with van der Waals surface area (Å²) in [5.74, 6) is 0.801. The first kappa shape index (κ1) is 20.6. The van der Waals surface area contributed by atoms with Crippen LogP contribution in [0.3, 0.4) is 0 Å². The van der Waals surface area contributed by atoms with Gasteiger partial charge in [0.05, 0.1) is 17.3 Å². The molecule has 0 fully saturated rings. The predicted molar refractivity (Wildman–Crippen MR) is 121 cm³/mol. The number of nitrogens with zero attached hydrogens (tertiary/aromatic N) is 4. The number of carbonyl (C=O) groups excluding carboxylic acids is 1. The van der Waals surface area contributed by atoms with Gasteiger partial charge < -0.3 is 9.47 Å². The van der Waals surface area contributed by atoms with Crippen LogP contribution in [0, 0.1) is 11.3 Å². The van der Waals surface area contributed by atoms with Gasteiger partial charge in [-0.1, -0.05) is 55.0 Å². The molecule has 31 heavy (non-hydrogen) atoms. The number of carbonyl (C=O) groups is 1. The summed E-state index contributed by atoms with van der Waals surface area (Å²) in [6.07, 6.45) is 5.93. The number of hydrogen-bond acceptors (Lipinski definition) is 3. The Morgan fingerprint density at radius 3 is 2.61 bits per heavy atom. The van der Waals surface area contributed by atoms with Crippen molar-refractivity contribution in [3.8, 4) is 17.5 Å². The topological polar surface area (TPSA) is 61.9 Å². The Kier molecular flexibility index (Phi) is 6.28. The zero-order valence-electron chi connectivity index (χ0n) is 17.6. The summed E-state index contributed by atoms with van der Waals surface area (Å²) in [6.45, 7) is 5.61. The van der Waals surface area contributed by atoms with Crippen molar-refractivity contribution in [3.05, 3.63) is 89.8 Å². The van der Waals surface area contributed by atoms with Crippen LogP contribution in [0.15, 0.2) is 67.3 Å². The van der Waals surface area contributed by atoms with Gasteiger partial charge in [-0.05, 0) is 37.0 Å². The molecular formula is C26H26N4O. The number of nitriles is 1. The third-order valence-corrected chi connectivity index (χ3v) is 5.70. The first-order valence-electron chi connectivity index (χ1n) is 10.8. The van der Waals surface area contributed by atoms with Crippen LogP contribution in [-0.2, 0) is 19.5 Å². The summed E-state index contributed by atoms with van der Waals surface area (Å²) >= 11 is 0. The van der Waals surface area contributed by atoms with E-state index in [2.05, 4.69) is 17.2 Å². The molecule has 1 aromatic heterocycles. The Labute approximate surface area is 183 Å². The molecule has 1 aliphatic heterocycles. The first-order valence-corrected chi connectivity index (χ1v) is 10.8. The van der Waals surface area contributed by atoms with Crippen molar-refractivity contribution in [2.24, 2.45) is 0 Å². The standard InChI is InChI=1S/C26H26N4O/c1-2-16-29(19-21-14-12-20(18-27)13-15-21)26(31)24-23-11-7-4-8-17-30(23)25(28-24)22-9-5-3-6-10-22/h2-3,5-6,9-10,12-15H,1,4,7-8,11,16-17,19H2. The molecule has 0 aliphatic carbocycles. The third-order valence-electron chi connectivity index (χ3n) is 5.70. The zero-order chi connectivity index (χ0) is 21.6. The van der Waals surface area contributed by atoms with E-state index >= 15 is 0 Å². The summed E-state index contributed by atoms with van der Waals surface area (Å²) in [7, 11) is 0. The molecule has 3 aromatic rings. The molecule has 4 rings (SSSR count). The summed E-state index contributed by atoms with van der Waals surface area (Å²) in [4.78, 5) is 20.3. The summed E-state index contributed by atoms with van der Waals surface area (Å²) in [5.41, 5.74) is 4.21. The fourth-order valence-corrected chi connectivity index (χ4v) is 4.13. The summed E-state index contributed by atoms with van der Waals surface area (Å²) in [6, 6.07) is 19.6. The van der Waals surface area contributed by atoms with Gasteiger partial charge in [-0.2, -0.15) is 5.26 Å². The quantitative estimate of drug-likeness (QED) is 0.539. The van der Waals surface area contributed by atoms with E-state index in [0.29, 0.717) is 24.3 Å². The third kappa shape index (κ3) is 4.44. The van der Waals surface area contributed by atoms with E-state index in [0.717, 1.165) is 54.9 Å². The van der Waals surface area contributed by atoms with Crippen molar-refractivity contribution in [3.63, 3.8) is 0 Å². The van der Waals surface area contributed by atoms with Gasteiger partial charge >= 0.3 is 0 Å². The Bertz CT molecular complexity index is 1110. The van der Waals surface area contributed by atoms with E-state index < -0.39 is 0 Å². The second kappa shape index (κ2) is 9.44. The maximum absolute atomic E-state index is 13.6. The maximum atomic E-state index is 13.6. The average molecular weight is 411 g/mol. The van der Waals surface area contributed by atoms with Crippen molar-refractivity contribution in [1.29, 1.82) is 5.26 Å². The predicted octanol–water partition coefficient (Wildman–Crippen LogP) is 4.98. The molecule has 5 heteroatoms. The molecule has 1 aliphatic rings. The molecule has 0 unspecified atom stereocenters. The Hall–Kier alpha value is -3.65. The minimum absolute atomic E-state index is 0.0721. The van der Waals surface area contributed by atoms with Crippen LogP contribution in [0.1, 0.15) is 46.6 Å². The summed E-state index contributed by atoms with van der Waals surface area (Å²) in [5, 5.41) is 9.02. The van der Waals surface area contributed by atoms with Crippen LogP contribution in [-0.4, -0.2) is 26.9 Å². The van der Waals surface area contributed by atoms with Crippen LogP contribution in [0.2, 0.25) is 0 Å². The van der Waals surface area contributed by atoms with E-state index in [-0.39, 0.29) is 5.91 Å².